The van der Waals surface area contributed by atoms with Crippen molar-refractivity contribution in [1.29, 1.82) is 0 Å². The summed E-state index contributed by atoms with van der Waals surface area (Å²) in [5.41, 5.74) is 1.52. The Morgan fingerprint density at radius 1 is 1.35 bits per heavy atom. The van der Waals surface area contributed by atoms with Crippen LogP contribution in [0.3, 0.4) is 0 Å². The molecule has 0 aliphatic carbocycles. The fraction of sp³-hybridized carbons (Fsp3) is 0.500. The number of pyridine rings is 1. The fourth-order valence-electron chi connectivity index (χ4n) is 3.33. The Labute approximate surface area is 162 Å². The lowest BCUT2D eigenvalue weighted by Crippen LogP contribution is -2.40. The van der Waals surface area contributed by atoms with Gasteiger partial charge in [0.25, 0.3) is 5.91 Å². The monoisotopic (exact) mass is 396 g/mol. The molecule has 0 radical (unpaired) electrons. The molecular formula is C18H22Cl2N4O2. The van der Waals surface area contributed by atoms with Crippen LogP contribution in [-0.4, -0.2) is 40.4 Å². The number of carbonyl (C=O) groups excluding carboxylic acids is 1. The highest BCUT2D eigenvalue weighted by atomic mass is 35.5. The van der Waals surface area contributed by atoms with Crippen molar-refractivity contribution >= 4 is 29.1 Å². The van der Waals surface area contributed by atoms with Gasteiger partial charge in [-0.25, -0.2) is 4.98 Å². The highest BCUT2D eigenvalue weighted by molar-refractivity contribution is 6.35. The van der Waals surface area contributed by atoms with Crippen LogP contribution in [0.15, 0.2) is 16.8 Å². The normalized spacial score (nSPS) is 18.1. The lowest BCUT2D eigenvalue weighted by Gasteiger charge is -2.33. The molecule has 2 aromatic rings. The number of hydrogen-bond acceptors (Lipinski definition) is 5. The number of amides is 1. The van der Waals surface area contributed by atoms with E-state index in [4.69, 9.17) is 27.6 Å². The van der Waals surface area contributed by atoms with E-state index in [1.54, 1.807) is 26.2 Å². The lowest BCUT2D eigenvalue weighted by molar-refractivity contribution is 0.0901. The van der Waals surface area contributed by atoms with E-state index in [0.29, 0.717) is 46.4 Å². The molecule has 0 bridgehead atoms. The molecule has 1 aliphatic heterocycles. The second-order valence-electron chi connectivity index (χ2n) is 6.68. The van der Waals surface area contributed by atoms with Gasteiger partial charge in [0.05, 0.1) is 15.7 Å². The van der Waals surface area contributed by atoms with E-state index in [-0.39, 0.29) is 5.91 Å². The third-order valence-corrected chi connectivity index (χ3v) is 5.25. The number of nitrogens with one attached hydrogen (secondary N) is 1. The van der Waals surface area contributed by atoms with E-state index < -0.39 is 0 Å². The number of halogens is 2. The first kappa shape index (κ1) is 19.1. The van der Waals surface area contributed by atoms with E-state index in [1.165, 1.54) is 0 Å². The Morgan fingerprint density at radius 3 is 2.73 bits per heavy atom. The number of likely N-dealkylation sites (tertiary alicyclic amines) is 1. The molecule has 1 amide bonds. The summed E-state index contributed by atoms with van der Waals surface area (Å²) in [6.45, 7) is 6.66. The molecule has 0 saturated carbocycles. The topological polar surface area (TPSA) is 71.3 Å². The Balaban J connectivity index is 1.55. The molecule has 26 heavy (non-hydrogen) atoms. The van der Waals surface area contributed by atoms with E-state index in [0.717, 1.165) is 31.5 Å². The molecule has 8 heteroatoms. The second kappa shape index (κ2) is 8.37. The molecule has 0 aromatic carbocycles. The Hall–Kier alpha value is -1.63. The number of oxazole rings is 1. The summed E-state index contributed by atoms with van der Waals surface area (Å²) in [6, 6.07) is 0. The van der Waals surface area contributed by atoms with Crippen LogP contribution in [0.25, 0.3) is 0 Å². The van der Waals surface area contributed by atoms with Crippen LogP contribution in [0.2, 0.25) is 10.0 Å². The minimum absolute atomic E-state index is 0.208. The third kappa shape index (κ3) is 4.55. The quantitative estimate of drug-likeness (QED) is 0.834. The molecule has 2 aromatic heterocycles. The van der Waals surface area contributed by atoms with Crippen LogP contribution < -0.4 is 5.32 Å². The fourth-order valence-corrected chi connectivity index (χ4v) is 3.82. The molecule has 1 N–H and O–H groups in total. The van der Waals surface area contributed by atoms with Crippen LogP contribution in [0.1, 0.15) is 40.5 Å². The minimum atomic E-state index is -0.208. The van der Waals surface area contributed by atoms with Gasteiger partial charge in [-0.1, -0.05) is 23.2 Å². The summed E-state index contributed by atoms with van der Waals surface area (Å²) >= 11 is 12.5. The summed E-state index contributed by atoms with van der Waals surface area (Å²) < 4.78 is 5.37. The first-order valence-electron chi connectivity index (χ1n) is 8.66. The molecule has 1 unspecified atom stereocenters. The van der Waals surface area contributed by atoms with Gasteiger partial charge in [-0.2, -0.15) is 0 Å². The van der Waals surface area contributed by atoms with Crippen LogP contribution >= 0.6 is 23.2 Å². The SMILES string of the molecule is Cc1nc(C)c(C(=O)NCC2CCCN(Cc3c(Cl)cncc3Cl)C2)o1. The Morgan fingerprint density at radius 2 is 2.08 bits per heavy atom. The van der Waals surface area contributed by atoms with Gasteiger partial charge in [0, 0.05) is 44.5 Å². The summed E-state index contributed by atoms with van der Waals surface area (Å²) in [7, 11) is 0. The molecule has 1 saturated heterocycles. The predicted molar refractivity (Wildman–Crippen MR) is 101 cm³/mol. The van der Waals surface area contributed by atoms with Gasteiger partial charge >= 0.3 is 0 Å². The van der Waals surface area contributed by atoms with Gasteiger partial charge in [-0.15, -0.1) is 0 Å². The van der Waals surface area contributed by atoms with Gasteiger partial charge in [-0.05, 0) is 32.2 Å². The maximum Gasteiger partial charge on any atom is 0.289 e. The van der Waals surface area contributed by atoms with Gasteiger partial charge in [-0.3, -0.25) is 14.7 Å². The van der Waals surface area contributed by atoms with E-state index >= 15 is 0 Å². The summed E-state index contributed by atoms with van der Waals surface area (Å²) in [6.07, 6.45) is 5.38. The van der Waals surface area contributed by atoms with E-state index in [2.05, 4.69) is 20.2 Å². The van der Waals surface area contributed by atoms with Crippen LogP contribution in [0, 0.1) is 19.8 Å². The maximum atomic E-state index is 12.3. The van der Waals surface area contributed by atoms with Gasteiger partial charge in [0.15, 0.2) is 5.89 Å². The molecular weight excluding hydrogens is 375 g/mol. The third-order valence-electron chi connectivity index (χ3n) is 4.60. The number of hydrogen-bond donors (Lipinski definition) is 1. The first-order valence-corrected chi connectivity index (χ1v) is 9.42. The minimum Gasteiger partial charge on any atom is -0.436 e. The van der Waals surface area contributed by atoms with Gasteiger partial charge in [0.2, 0.25) is 5.76 Å². The average molecular weight is 397 g/mol. The lowest BCUT2D eigenvalue weighted by atomic mass is 9.97. The van der Waals surface area contributed by atoms with Crippen molar-refractivity contribution in [1.82, 2.24) is 20.2 Å². The number of piperidine rings is 1. The van der Waals surface area contributed by atoms with Crippen molar-refractivity contribution in [2.75, 3.05) is 19.6 Å². The molecule has 6 nitrogen and oxygen atoms in total. The van der Waals surface area contributed by atoms with E-state index in [9.17, 15) is 4.79 Å². The van der Waals surface area contributed by atoms with Crippen molar-refractivity contribution < 1.29 is 9.21 Å². The summed E-state index contributed by atoms with van der Waals surface area (Å²) in [4.78, 5) is 22.7. The number of nitrogens with zero attached hydrogens (tertiary/aromatic N) is 3. The smallest absolute Gasteiger partial charge is 0.289 e. The van der Waals surface area contributed by atoms with Crippen LogP contribution in [-0.2, 0) is 6.54 Å². The highest BCUT2D eigenvalue weighted by Gasteiger charge is 2.23. The number of aromatic nitrogens is 2. The molecule has 1 aliphatic rings. The summed E-state index contributed by atoms with van der Waals surface area (Å²) in [5.74, 6) is 0.963. The van der Waals surface area contributed by atoms with Crippen molar-refractivity contribution in [3.8, 4) is 0 Å². The van der Waals surface area contributed by atoms with E-state index in [1.807, 2.05) is 0 Å². The van der Waals surface area contributed by atoms with Gasteiger partial charge < -0.3 is 9.73 Å². The molecule has 1 fully saturated rings. The Kier molecular flexibility index (Phi) is 6.16. The predicted octanol–water partition coefficient (Wildman–Crippen LogP) is 3.64. The standard InChI is InChI=1S/C18H22Cl2N4O2/c1-11-17(26-12(2)23-11)18(25)22-6-13-4-3-5-24(9-13)10-14-15(19)7-21-8-16(14)20/h7-8,13H,3-6,9-10H2,1-2H3,(H,22,25). The zero-order valence-corrected chi connectivity index (χ0v) is 16.4. The molecule has 3 heterocycles. The highest BCUT2D eigenvalue weighted by Crippen LogP contribution is 2.26. The maximum absolute atomic E-state index is 12.3. The van der Waals surface area contributed by atoms with Crippen LogP contribution in [0.5, 0.6) is 0 Å². The number of rotatable bonds is 5. The second-order valence-corrected chi connectivity index (χ2v) is 7.50. The first-order chi connectivity index (χ1) is 12.4. The molecule has 1 atom stereocenters. The Bertz CT molecular complexity index is 773. The largest absolute Gasteiger partial charge is 0.436 e. The number of aryl methyl sites for hydroxylation is 2. The molecule has 3 rings (SSSR count). The van der Waals surface area contributed by atoms with Crippen molar-refractivity contribution in [3.05, 3.63) is 45.3 Å². The van der Waals surface area contributed by atoms with Crippen LogP contribution in [0.4, 0.5) is 0 Å². The van der Waals surface area contributed by atoms with Crippen molar-refractivity contribution in [2.45, 2.75) is 33.2 Å². The van der Waals surface area contributed by atoms with Crippen molar-refractivity contribution in [2.24, 2.45) is 5.92 Å². The van der Waals surface area contributed by atoms with Gasteiger partial charge in [0.1, 0.15) is 0 Å². The molecule has 0 spiro atoms. The zero-order chi connectivity index (χ0) is 18.7. The average Bonchev–Trinajstić information content (AvgIpc) is 2.95. The number of carbonyl (C=O) groups is 1. The van der Waals surface area contributed by atoms with Crippen molar-refractivity contribution in [3.63, 3.8) is 0 Å². The molecule has 140 valence electrons. The zero-order valence-electron chi connectivity index (χ0n) is 14.9. The summed E-state index contributed by atoms with van der Waals surface area (Å²) in [5, 5.41) is 4.14.